The van der Waals surface area contributed by atoms with Crippen LogP contribution >= 0.6 is 0 Å². The van der Waals surface area contributed by atoms with Gasteiger partial charge in [-0.15, -0.1) is 0 Å². The molecule has 1 aromatic heterocycles. The van der Waals surface area contributed by atoms with Crippen LogP contribution in [0.25, 0.3) is 0 Å². The second-order valence-corrected chi connectivity index (χ2v) is 5.11. The molecule has 2 aromatic rings. The van der Waals surface area contributed by atoms with Crippen LogP contribution in [0.3, 0.4) is 0 Å². The molecule has 1 heterocycles. The van der Waals surface area contributed by atoms with Crippen LogP contribution in [0.15, 0.2) is 24.3 Å². The lowest BCUT2D eigenvalue weighted by molar-refractivity contribution is 0.409. The van der Waals surface area contributed by atoms with E-state index in [0.29, 0.717) is 11.3 Å². The Labute approximate surface area is 124 Å². The van der Waals surface area contributed by atoms with Gasteiger partial charge in [0.15, 0.2) is 0 Å². The maximum absolute atomic E-state index is 14.4. The highest BCUT2D eigenvalue weighted by atomic mass is 19.1. The average Bonchev–Trinajstić information content (AvgIpc) is 2.79. The van der Waals surface area contributed by atoms with Crippen LogP contribution in [-0.4, -0.2) is 23.4 Å². The van der Waals surface area contributed by atoms with E-state index in [-0.39, 0.29) is 11.9 Å². The summed E-state index contributed by atoms with van der Waals surface area (Å²) >= 11 is 0. The van der Waals surface area contributed by atoms with Crippen molar-refractivity contribution in [3.05, 3.63) is 47.0 Å². The van der Waals surface area contributed by atoms with Gasteiger partial charge in [-0.3, -0.25) is 4.68 Å². The van der Waals surface area contributed by atoms with Crippen LogP contribution < -0.4 is 10.1 Å². The van der Waals surface area contributed by atoms with Crippen molar-refractivity contribution >= 4 is 0 Å². The average molecular weight is 291 g/mol. The number of halogens is 1. The van der Waals surface area contributed by atoms with Crippen LogP contribution in [0.4, 0.5) is 4.39 Å². The topological polar surface area (TPSA) is 39.1 Å². The predicted octanol–water partition coefficient (Wildman–Crippen LogP) is 2.97. The first-order valence-electron chi connectivity index (χ1n) is 7.14. The summed E-state index contributed by atoms with van der Waals surface area (Å²) in [6.45, 7) is 4.83. The maximum Gasteiger partial charge on any atom is 0.132 e. The smallest absolute Gasteiger partial charge is 0.132 e. The summed E-state index contributed by atoms with van der Waals surface area (Å²) in [5.74, 6) is 0.244. The van der Waals surface area contributed by atoms with E-state index < -0.39 is 0 Å². The fourth-order valence-electron chi connectivity index (χ4n) is 2.43. The largest absolute Gasteiger partial charge is 0.497 e. The first-order chi connectivity index (χ1) is 10.1. The zero-order valence-electron chi connectivity index (χ0n) is 13.0. The zero-order chi connectivity index (χ0) is 15.4. The lowest BCUT2D eigenvalue weighted by Crippen LogP contribution is -2.26. The molecule has 0 saturated heterocycles. The van der Waals surface area contributed by atoms with Gasteiger partial charge in [0, 0.05) is 18.7 Å². The molecule has 5 heteroatoms. The van der Waals surface area contributed by atoms with Crippen LogP contribution in [0.1, 0.15) is 36.3 Å². The number of hydrogen-bond acceptors (Lipinski definition) is 3. The molecule has 114 valence electrons. The van der Waals surface area contributed by atoms with Gasteiger partial charge in [-0.2, -0.15) is 5.10 Å². The molecule has 0 aliphatic heterocycles. The molecule has 1 aromatic carbocycles. The molecule has 0 fully saturated rings. The van der Waals surface area contributed by atoms with Gasteiger partial charge in [0.05, 0.1) is 24.5 Å². The van der Waals surface area contributed by atoms with E-state index in [1.165, 1.54) is 13.2 Å². The Kier molecular flexibility index (Phi) is 4.96. The Morgan fingerprint density at radius 3 is 2.67 bits per heavy atom. The fraction of sp³-hybridized carbons (Fsp3) is 0.438. The molecule has 0 bridgehead atoms. The Hall–Kier alpha value is -1.88. The fourth-order valence-corrected chi connectivity index (χ4v) is 2.43. The lowest BCUT2D eigenvalue weighted by atomic mass is 10.0. The molecule has 1 N–H and O–H groups in total. The SMILES string of the molecule is CCCNC(c1ccc(OC)cc1F)c1cc(C)nn1C. The third-order valence-corrected chi connectivity index (χ3v) is 3.45. The summed E-state index contributed by atoms with van der Waals surface area (Å²) in [5, 5.41) is 7.75. The van der Waals surface area contributed by atoms with Gasteiger partial charge >= 0.3 is 0 Å². The Bertz CT molecular complexity index is 610. The van der Waals surface area contributed by atoms with Gasteiger partial charge in [-0.25, -0.2) is 4.39 Å². The van der Waals surface area contributed by atoms with Crippen molar-refractivity contribution in [3.8, 4) is 5.75 Å². The highest BCUT2D eigenvalue weighted by Gasteiger charge is 2.21. The highest BCUT2D eigenvalue weighted by Crippen LogP contribution is 2.27. The molecule has 21 heavy (non-hydrogen) atoms. The molecular formula is C16H22FN3O. The minimum absolute atomic E-state index is 0.220. The minimum Gasteiger partial charge on any atom is -0.497 e. The van der Waals surface area contributed by atoms with Crippen LogP contribution in [0.5, 0.6) is 5.75 Å². The summed E-state index contributed by atoms with van der Waals surface area (Å²) in [6.07, 6.45) is 0.977. The molecule has 0 radical (unpaired) electrons. The first kappa shape index (κ1) is 15.5. The second-order valence-electron chi connectivity index (χ2n) is 5.11. The molecule has 0 aliphatic rings. The number of aryl methyl sites for hydroxylation is 2. The van der Waals surface area contributed by atoms with E-state index >= 15 is 0 Å². The van der Waals surface area contributed by atoms with E-state index in [0.717, 1.165) is 24.4 Å². The van der Waals surface area contributed by atoms with Crippen molar-refractivity contribution < 1.29 is 9.13 Å². The number of aromatic nitrogens is 2. The van der Waals surface area contributed by atoms with Gasteiger partial charge in [-0.1, -0.05) is 13.0 Å². The molecule has 0 amide bonds. The number of nitrogens with zero attached hydrogens (tertiary/aromatic N) is 2. The van der Waals surface area contributed by atoms with E-state index in [1.54, 1.807) is 16.8 Å². The van der Waals surface area contributed by atoms with Crippen LogP contribution in [0.2, 0.25) is 0 Å². The predicted molar refractivity (Wildman–Crippen MR) is 81.0 cm³/mol. The molecule has 1 unspecified atom stereocenters. The zero-order valence-corrected chi connectivity index (χ0v) is 13.0. The van der Waals surface area contributed by atoms with Gasteiger partial charge in [0.25, 0.3) is 0 Å². The van der Waals surface area contributed by atoms with Gasteiger partial charge in [0.2, 0.25) is 0 Å². The van der Waals surface area contributed by atoms with Crippen LogP contribution in [0, 0.1) is 12.7 Å². The molecule has 0 spiro atoms. The van der Waals surface area contributed by atoms with E-state index in [2.05, 4.69) is 17.3 Å². The number of methoxy groups -OCH3 is 1. The standard InChI is InChI=1S/C16H22FN3O/c1-5-8-18-16(15-9-11(2)19-20(15)3)13-7-6-12(21-4)10-14(13)17/h6-7,9-10,16,18H,5,8H2,1-4H3. The molecule has 2 rings (SSSR count). The molecule has 1 atom stereocenters. The lowest BCUT2D eigenvalue weighted by Gasteiger charge is -2.20. The first-order valence-corrected chi connectivity index (χ1v) is 7.14. The maximum atomic E-state index is 14.4. The number of rotatable bonds is 6. The summed E-state index contributed by atoms with van der Waals surface area (Å²) in [5.41, 5.74) is 2.47. The summed E-state index contributed by atoms with van der Waals surface area (Å²) in [4.78, 5) is 0. The summed E-state index contributed by atoms with van der Waals surface area (Å²) in [7, 11) is 3.41. The van der Waals surface area contributed by atoms with E-state index in [9.17, 15) is 4.39 Å². The van der Waals surface area contributed by atoms with Crippen molar-refractivity contribution in [1.29, 1.82) is 0 Å². The van der Waals surface area contributed by atoms with E-state index in [1.807, 2.05) is 20.0 Å². The van der Waals surface area contributed by atoms with Crippen molar-refractivity contribution in [2.24, 2.45) is 7.05 Å². The molecular weight excluding hydrogens is 269 g/mol. The van der Waals surface area contributed by atoms with Gasteiger partial charge in [0.1, 0.15) is 11.6 Å². The summed E-state index contributed by atoms with van der Waals surface area (Å²) < 4.78 is 21.3. The third-order valence-electron chi connectivity index (χ3n) is 3.45. The quantitative estimate of drug-likeness (QED) is 0.889. The summed E-state index contributed by atoms with van der Waals surface area (Å²) in [6, 6.07) is 6.73. The Morgan fingerprint density at radius 2 is 2.14 bits per heavy atom. The molecule has 4 nitrogen and oxygen atoms in total. The number of ether oxygens (including phenoxy) is 1. The highest BCUT2D eigenvalue weighted by molar-refractivity contribution is 5.35. The number of benzene rings is 1. The molecule has 0 saturated carbocycles. The third kappa shape index (κ3) is 3.42. The van der Waals surface area contributed by atoms with Gasteiger partial charge in [-0.05, 0) is 32.0 Å². The number of hydrogen-bond donors (Lipinski definition) is 1. The minimum atomic E-state index is -0.276. The van der Waals surface area contributed by atoms with Crippen LogP contribution in [-0.2, 0) is 7.05 Å². The Morgan fingerprint density at radius 1 is 1.38 bits per heavy atom. The van der Waals surface area contributed by atoms with Crippen molar-refractivity contribution in [1.82, 2.24) is 15.1 Å². The normalized spacial score (nSPS) is 12.4. The van der Waals surface area contributed by atoms with Crippen molar-refractivity contribution in [2.75, 3.05) is 13.7 Å². The number of nitrogens with one attached hydrogen (secondary N) is 1. The van der Waals surface area contributed by atoms with E-state index in [4.69, 9.17) is 4.74 Å². The Balaban J connectivity index is 2.42. The van der Waals surface area contributed by atoms with Gasteiger partial charge < -0.3 is 10.1 Å². The van der Waals surface area contributed by atoms with Crippen molar-refractivity contribution in [3.63, 3.8) is 0 Å². The van der Waals surface area contributed by atoms with Crippen molar-refractivity contribution in [2.45, 2.75) is 26.3 Å². The molecule has 0 aliphatic carbocycles. The monoisotopic (exact) mass is 291 g/mol. The second kappa shape index (κ2) is 6.72.